The number of nitro groups is 1. The van der Waals surface area contributed by atoms with Crippen LogP contribution >= 0.6 is 11.8 Å². The number of hydrogen-bond acceptors (Lipinski definition) is 6. The fraction of sp³-hybridized carbons (Fsp3) is 0.214. The Bertz CT molecular complexity index is 705. The van der Waals surface area contributed by atoms with Gasteiger partial charge in [-0.1, -0.05) is 42.1 Å². The Hall–Kier alpha value is -2.46. The topological polar surface area (TPSA) is 96.2 Å². The summed E-state index contributed by atoms with van der Waals surface area (Å²) < 4.78 is 0. The van der Waals surface area contributed by atoms with Crippen LogP contribution in [0.2, 0.25) is 0 Å². The molecule has 0 aromatic heterocycles. The number of allylic oxidation sites excluding steroid dienone is 1. The molecule has 1 saturated heterocycles. The van der Waals surface area contributed by atoms with Gasteiger partial charge in [0.05, 0.1) is 16.6 Å². The molecule has 2 aliphatic rings. The molecule has 21 heavy (non-hydrogen) atoms. The predicted octanol–water partition coefficient (Wildman–Crippen LogP) is 1.97. The zero-order chi connectivity index (χ0) is 15.0. The lowest BCUT2D eigenvalue weighted by molar-refractivity contribution is -0.430. The van der Waals surface area contributed by atoms with Gasteiger partial charge in [-0.25, -0.2) is 0 Å². The van der Waals surface area contributed by atoms with Crippen LogP contribution in [0.5, 0.6) is 0 Å². The molecule has 2 aliphatic heterocycles. The lowest BCUT2D eigenvalue weighted by atomic mass is 9.87. The molecular formula is C14H12N4O2S. The van der Waals surface area contributed by atoms with Crippen molar-refractivity contribution in [2.45, 2.75) is 5.92 Å². The molecule has 0 amide bonds. The molecule has 1 aromatic carbocycles. The second kappa shape index (κ2) is 5.14. The number of nitriles is 1. The van der Waals surface area contributed by atoms with Crippen LogP contribution in [0.25, 0.3) is 0 Å². The average Bonchev–Trinajstić information content (AvgIpc) is 2.97. The SMILES string of the molecule is N#CC1=C(N)N2CCSC2=C([N+](=O)[O-])C1c1ccccc1. The van der Waals surface area contributed by atoms with Gasteiger partial charge in [-0.3, -0.25) is 10.1 Å². The van der Waals surface area contributed by atoms with Crippen LogP contribution in [-0.4, -0.2) is 22.1 Å². The number of rotatable bonds is 2. The van der Waals surface area contributed by atoms with Crippen molar-refractivity contribution in [2.75, 3.05) is 12.3 Å². The van der Waals surface area contributed by atoms with Gasteiger partial charge in [-0.15, -0.1) is 0 Å². The predicted molar refractivity (Wildman–Crippen MR) is 79.2 cm³/mol. The quantitative estimate of drug-likeness (QED) is 0.662. The van der Waals surface area contributed by atoms with E-state index < -0.39 is 5.92 Å². The summed E-state index contributed by atoms with van der Waals surface area (Å²) >= 11 is 1.42. The lowest BCUT2D eigenvalue weighted by Crippen LogP contribution is -2.33. The molecule has 0 saturated carbocycles. The van der Waals surface area contributed by atoms with Gasteiger partial charge in [-0.2, -0.15) is 5.26 Å². The molecule has 1 atom stereocenters. The molecule has 2 heterocycles. The third-order valence-electron chi connectivity index (χ3n) is 3.60. The van der Waals surface area contributed by atoms with Crippen LogP contribution in [0.15, 0.2) is 52.5 Å². The van der Waals surface area contributed by atoms with Gasteiger partial charge >= 0.3 is 0 Å². The Morgan fingerprint density at radius 1 is 1.43 bits per heavy atom. The molecule has 0 bridgehead atoms. The van der Waals surface area contributed by atoms with E-state index in [0.717, 1.165) is 5.75 Å². The van der Waals surface area contributed by atoms with E-state index in [2.05, 4.69) is 6.07 Å². The molecule has 0 radical (unpaired) electrons. The van der Waals surface area contributed by atoms with Gasteiger partial charge in [0.1, 0.15) is 11.7 Å². The molecule has 2 N–H and O–H groups in total. The van der Waals surface area contributed by atoms with Crippen LogP contribution in [-0.2, 0) is 0 Å². The van der Waals surface area contributed by atoms with E-state index in [-0.39, 0.29) is 16.2 Å². The van der Waals surface area contributed by atoms with Crippen molar-refractivity contribution in [1.82, 2.24) is 4.90 Å². The first-order valence-electron chi connectivity index (χ1n) is 6.38. The Labute approximate surface area is 125 Å². The minimum absolute atomic E-state index is 0.0504. The number of nitrogens with two attached hydrogens (primary N) is 1. The third kappa shape index (κ3) is 2.04. The van der Waals surface area contributed by atoms with E-state index in [1.807, 2.05) is 6.07 Å². The van der Waals surface area contributed by atoms with Gasteiger partial charge in [0.25, 0.3) is 5.70 Å². The highest BCUT2D eigenvalue weighted by atomic mass is 32.2. The highest BCUT2D eigenvalue weighted by Crippen LogP contribution is 2.46. The van der Waals surface area contributed by atoms with Gasteiger partial charge in [0.2, 0.25) is 0 Å². The lowest BCUT2D eigenvalue weighted by Gasteiger charge is -2.29. The summed E-state index contributed by atoms with van der Waals surface area (Å²) in [7, 11) is 0. The van der Waals surface area contributed by atoms with E-state index in [1.54, 1.807) is 29.2 Å². The maximum absolute atomic E-state index is 11.6. The maximum atomic E-state index is 11.6. The van der Waals surface area contributed by atoms with Gasteiger partial charge in [0.15, 0.2) is 5.03 Å². The molecule has 106 valence electrons. The highest BCUT2D eigenvalue weighted by molar-refractivity contribution is 8.03. The fourth-order valence-corrected chi connectivity index (χ4v) is 3.84. The van der Waals surface area contributed by atoms with Crippen molar-refractivity contribution in [3.8, 4) is 6.07 Å². The summed E-state index contributed by atoms with van der Waals surface area (Å²) in [4.78, 5) is 12.9. The van der Waals surface area contributed by atoms with Crippen LogP contribution in [0, 0.1) is 21.4 Å². The summed E-state index contributed by atoms with van der Waals surface area (Å²) in [6.45, 7) is 0.593. The van der Waals surface area contributed by atoms with Crippen molar-refractivity contribution >= 4 is 11.8 Å². The summed E-state index contributed by atoms with van der Waals surface area (Å²) in [6.07, 6.45) is 0. The normalized spacial score (nSPS) is 21.3. The van der Waals surface area contributed by atoms with Gasteiger partial charge in [0, 0.05) is 12.3 Å². The van der Waals surface area contributed by atoms with E-state index >= 15 is 0 Å². The first kappa shape index (κ1) is 13.5. The second-order valence-electron chi connectivity index (χ2n) is 4.70. The monoisotopic (exact) mass is 300 g/mol. The fourth-order valence-electron chi connectivity index (χ4n) is 2.68. The summed E-state index contributed by atoms with van der Waals surface area (Å²) in [5.74, 6) is 0.355. The minimum atomic E-state index is -0.706. The van der Waals surface area contributed by atoms with Crippen LogP contribution in [0.3, 0.4) is 0 Å². The second-order valence-corrected chi connectivity index (χ2v) is 5.79. The Morgan fingerprint density at radius 3 is 2.76 bits per heavy atom. The molecule has 3 rings (SSSR count). The zero-order valence-electron chi connectivity index (χ0n) is 11.0. The molecule has 1 unspecified atom stereocenters. The van der Waals surface area contributed by atoms with E-state index in [9.17, 15) is 15.4 Å². The molecule has 7 heteroatoms. The number of hydrogen-bond donors (Lipinski definition) is 1. The van der Waals surface area contributed by atoms with E-state index in [1.165, 1.54) is 11.8 Å². The molecule has 0 aliphatic carbocycles. The summed E-state index contributed by atoms with van der Waals surface area (Å²) in [5, 5.41) is 21.6. The van der Waals surface area contributed by atoms with Gasteiger partial charge in [-0.05, 0) is 5.56 Å². The van der Waals surface area contributed by atoms with Crippen LogP contribution < -0.4 is 5.73 Å². The first-order valence-corrected chi connectivity index (χ1v) is 7.37. The number of nitrogens with zero attached hydrogens (tertiary/aromatic N) is 3. The largest absolute Gasteiger partial charge is 0.384 e. The van der Waals surface area contributed by atoms with Crippen molar-refractivity contribution in [3.63, 3.8) is 0 Å². The van der Waals surface area contributed by atoms with E-state index in [0.29, 0.717) is 23.0 Å². The third-order valence-corrected chi connectivity index (χ3v) is 4.69. The van der Waals surface area contributed by atoms with Crippen molar-refractivity contribution in [1.29, 1.82) is 5.26 Å². The Kier molecular flexibility index (Phi) is 3.31. The Balaban J connectivity index is 2.25. The average molecular weight is 300 g/mol. The summed E-state index contributed by atoms with van der Waals surface area (Å²) in [5.41, 5.74) is 7.09. The Morgan fingerprint density at radius 2 is 2.14 bits per heavy atom. The molecule has 1 fully saturated rings. The van der Waals surface area contributed by atoms with Crippen LogP contribution in [0.4, 0.5) is 0 Å². The standard InChI is InChI=1S/C14H12N4O2S/c15-8-10-11(9-4-2-1-3-5-9)12(18(19)20)14-17(13(10)16)6-7-21-14/h1-5,11H,6-7,16H2. The number of benzene rings is 1. The molecule has 1 aromatic rings. The smallest absolute Gasteiger partial charge is 0.288 e. The summed E-state index contributed by atoms with van der Waals surface area (Å²) in [6, 6.07) is 11.1. The minimum Gasteiger partial charge on any atom is -0.384 e. The molecule has 6 nitrogen and oxygen atoms in total. The number of thioether (sulfide) groups is 1. The maximum Gasteiger partial charge on any atom is 0.288 e. The van der Waals surface area contributed by atoms with Crippen molar-refractivity contribution < 1.29 is 4.92 Å². The zero-order valence-corrected chi connectivity index (χ0v) is 11.8. The van der Waals surface area contributed by atoms with E-state index in [4.69, 9.17) is 5.73 Å². The first-order chi connectivity index (χ1) is 10.1. The van der Waals surface area contributed by atoms with Crippen LogP contribution in [0.1, 0.15) is 11.5 Å². The van der Waals surface area contributed by atoms with Crippen molar-refractivity contribution in [3.05, 3.63) is 68.1 Å². The molecule has 0 spiro atoms. The molecular weight excluding hydrogens is 288 g/mol. The number of fused-ring (bicyclic) bond motifs is 1. The van der Waals surface area contributed by atoms with Gasteiger partial charge < -0.3 is 10.6 Å². The highest BCUT2D eigenvalue weighted by Gasteiger charge is 2.44. The van der Waals surface area contributed by atoms with Crippen molar-refractivity contribution in [2.24, 2.45) is 5.73 Å².